The van der Waals surface area contributed by atoms with Gasteiger partial charge in [0.1, 0.15) is 0 Å². The molecule has 0 aliphatic carbocycles. The summed E-state index contributed by atoms with van der Waals surface area (Å²) in [6.07, 6.45) is 1.02. The number of nitrogens with zero attached hydrogens (tertiary/aromatic N) is 1. The molecule has 0 aromatic heterocycles. The van der Waals surface area contributed by atoms with Crippen molar-refractivity contribution in [2.75, 3.05) is 19.6 Å². The van der Waals surface area contributed by atoms with Crippen molar-refractivity contribution in [1.82, 2.24) is 9.62 Å². The Balaban J connectivity index is 1.99. The van der Waals surface area contributed by atoms with E-state index in [0.29, 0.717) is 24.1 Å². The minimum atomic E-state index is -3.56. The number of hydrogen-bond donors (Lipinski definition) is 2. The van der Waals surface area contributed by atoms with Gasteiger partial charge in [0, 0.05) is 19.1 Å². The van der Waals surface area contributed by atoms with Crippen LogP contribution in [0.2, 0.25) is 0 Å². The van der Waals surface area contributed by atoms with Crippen LogP contribution in [0.4, 0.5) is 0 Å². The number of aliphatic hydroxyl groups excluding tert-OH is 1. The van der Waals surface area contributed by atoms with Crippen molar-refractivity contribution in [2.24, 2.45) is 5.92 Å². The third kappa shape index (κ3) is 4.03. The average molecular weight is 312 g/mol. The van der Waals surface area contributed by atoms with Crippen molar-refractivity contribution in [3.63, 3.8) is 0 Å². The summed E-state index contributed by atoms with van der Waals surface area (Å²) in [5.74, 6) is 0.350. The second kappa shape index (κ2) is 6.87. The molecule has 1 atom stereocenters. The zero-order chi connectivity index (χ0) is 15.5. The first-order valence-electron chi connectivity index (χ1n) is 7.36. The lowest BCUT2D eigenvalue weighted by molar-refractivity contribution is 0.265. The molecular weight excluding hydrogens is 288 g/mol. The molecule has 21 heavy (non-hydrogen) atoms. The lowest BCUT2D eigenvalue weighted by Crippen LogP contribution is -2.33. The van der Waals surface area contributed by atoms with Crippen LogP contribution in [-0.2, 0) is 16.6 Å². The SMILES string of the molecule is CC(C)N1CCC(CNS(=O)(=O)c2ccccc2CO)C1. The molecule has 1 fully saturated rings. The predicted molar refractivity (Wildman–Crippen MR) is 82.4 cm³/mol. The van der Waals surface area contributed by atoms with E-state index in [1.165, 1.54) is 6.07 Å². The van der Waals surface area contributed by atoms with Gasteiger partial charge in [-0.15, -0.1) is 0 Å². The van der Waals surface area contributed by atoms with Crippen LogP contribution in [-0.4, -0.2) is 44.1 Å². The van der Waals surface area contributed by atoms with Gasteiger partial charge < -0.3 is 10.0 Å². The number of nitrogens with one attached hydrogen (secondary N) is 1. The van der Waals surface area contributed by atoms with E-state index in [1.807, 2.05) is 0 Å². The highest BCUT2D eigenvalue weighted by atomic mass is 32.2. The molecule has 2 rings (SSSR count). The number of rotatable bonds is 6. The summed E-state index contributed by atoms with van der Waals surface area (Å²) in [7, 11) is -3.56. The van der Waals surface area contributed by atoms with E-state index in [1.54, 1.807) is 18.2 Å². The number of benzene rings is 1. The van der Waals surface area contributed by atoms with Crippen molar-refractivity contribution in [3.05, 3.63) is 29.8 Å². The summed E-state index contributed by atoms with van der Waals surface area (Å²) in [6, 6.07) is 7.06. The molecule has 1 unspecified atom stereocenters. The monoisotopic (exact) mass is 312 g/mol. The number of likely N-dealkylation sites (tertiary alicyclic amines) is 1. The van der Waals surface area contributed by atoms with Crippen LogP contribution in [0.15, 0.2) is 29.2 Å². The highest BCUT2D eigenvalue weighted by molar-refractivity contribution is 7.89. The maximum atomic E-state index is 12.3. The van der Waals surface area contributed by atoms with E-state index < -0.39 is 10.0 Å². The second-order valence-corrected chi connectivity index (χ2v) is 7.60. The first kappa shape index (κ1) is 16.4. The molecule has 0 amide bonds. The molecule has 0 saturated carbocycles. The minimum absolute atomic E-state index is 0.172. The Labute approximate surface area is 127 Å². The molecular formula is C15H24N2O3S. The minimum Gasteiger partial charge on any atom is -0.392 e. The predicted octanol–water partition coefficient (Wildman–Crippen LogP) is 1.19. The van der Waals surface area contributed by atoms with E-state index in [0.717, 1.165) is 19.5 Å². The van der Waals surface area contributed by atoms with E-state index in [-0.39, 0.29) is 11.5 Å². The van der Waals surface area contributed by atoms with Gasteiger partial charge in [-0.05, 0) is 44.4 Å². The number of hydrogen-bond acceptors (Lipinski definition) is 4. The van der Waals surface area contributed by atoms with Crippen LogP contribution >= 0.6 is 0 Å². The summed E-state index contributed by atoms with van der Waals surface area (Å²) < 4.78 is 27.4. The summed E-state index contributed by atoms with van der Waals surface area (Å²) in [5.41, 5.74) is 0.431. The highest BCUT2D eigenvalue weighted by Crippen LogP contribution is 2.19. The molecule has 5 nitrogen and oxygen atoms in total. The van der Waals surface area contributed by atoms with Crippen LogP contribution in [0.3, 0.4) is 0 Å². The molecule has 1 aliphatic rings. The molecule has 0 spiro atoms. The van der Waals surface area contributed by atoms with Gasteiger partial charge in [0.05, 0.1) is 11.5 Å². The molecule has 1 aliphatic heterocycles. The van der Waals surface area contributed by atoms with Gasteiger partial charge in [-0.1, -0.05) is 18.2 Å². The quantitative estimate of drug-likeness (QED) is 0.828. The highest BCUT2D eigenvalue weighted by Gasteiger charge is 2.26. The van der Waals surface area contributed by atoms with Crippen molar-refractivity contribution >= 4 is 10.0 Å². The van der Waals surface area contributed by atoms with Crippen LogP contribution in [0, 0.1) is 5.92 Å². The van der Waals surface area contributed by atoms with Crippen molar-refractivity contribution < 1.29 is 13.5 Å². The van der Waals surface area contributed by atoms with Crippen molar-refractivity contribution in [3.8, 4) is 0 Å². The second-order valence-electron chi connectivity index (χ2n) is 5.86. The topological polar surface area (TPSA) is 69.6 Å². The largest absolute Gasteiger partial charge is 0.392 e. The van der Waals surface area contributed by atoms with Crippen LogP contribution < -0.4 is 4.72 Å². The van der Waals surface area contributed by atoms with Crippen LogP contribution in [0.1, 0.15) is 25.8 Å². The van der Waals surface area contributed by atoms with Gasteiger partial charge in [-0.2, -0.15) is 0 Å². The zero-order valence-electron chi connectivity index (χ0n) is 12.6. The average Bonchev–Trinajstić information content (AvgIpc) is 2.94. The molecule has 0 radical (unpaired) electrons. The number of aliphatic hydroxyl groups is 1. The summed E-state index contributed by atoms with van der Waals surface area (Å²) in [5, 5.41) is 9.26. The number of sulfonamides is 1. The standard InChI is InChI=1S/C15H24N2O3S/c1-12(2)17-8-7-13(10-17)9-16-21(19,20)15-6-4-3-5-14(15)11-18/h3-6,12-13,16,18H,7-11H2,1-2H3. The lowest BCUT2D eigenvalue weighted by Gasteiger charge is -2.20. The van der Waals surface area contributed by atoms with Gasteiger partial charge in [0.25, 0.3) is 0 Å². The molecule has 1 saturated heterocycles. The maximum Gasteiger partial charge on any atom is 0.240 e. The lowest BCUT2D eigenvalue weighted by atomic mass is 10.1. The van der Waals surface area contributed by atoms with Gasteiger partial charge in [0.15, 0.2) is 0 Å². The van der Waals surface area contributed by atoms with Crippen LogP contribution in [0.25, 0.3) is 0 Å². The third-order valence-corrected chi connectivity index (χ3v) is 5.57. The summed E-state index contributed by atoms with van der Waals surface area (Å²) >= 11 is 0. The zero-order valence-corrected chi connectivity index (χ0v) is 13.4. The van der Waals surface area contributed by atoms with Crippen molar-refractivity contribution in [1.29, 1.82) is 0 Å². The molecule has 1 heterocycles. The first-order chi connectivity index (χ1) is 9.94. The summed E-state index contributed by atoms with van der Waals surface area (Å²) in [6.45, 7) is 6.44. The molecule has 2 N–H and O–H groups in total. The van der Waals surface area contributed by atoms with Crippen LogP contribution in [0.5, 0.6) is 0 Å². The van der Waals surface area contributed by atoms with E-state index in [2.05, 4.69) is 23.5 Å². The van der Waals surface area contributed by atoms with E-state index >= 15 is 0 Å². The van der Waals surface area contributed by atoms with E-state index in [4.69, 9.17) is 0 Å². The maximum absolute atomic E-state index is 12.3. The molecule has 118 valence electrons. The van der Waals surface area contributed by atoms with Gasteiger partial charge >= 0.3 is 0 Å². The fraction of sp³-hybridized carbons (Fsp3) is 0.600. The Hall–Kier alpha value is -0.950. The normalized spacial score (nSPS) is 20.3. The molecule has 1 aromatic carbocycles. The van der Waals surface area contributed by atoms with E-state index in [9.17, 15) is 13.5 Å². The van der Waals surface area contributed by atoms with Gasteiger partial charge in [-0.25, -0.2) is 13.1 Å². The smallest absolute Gasteiger partial charge is 0.240 e. The Morgan fingerprint density at radius 3 is 2.71 bits per heavy atom. The molecule has 1 aromatic rings. The Kier molecular flexibility index (Phi) is 5.37. The van der Waals surface area contributed by atoms with Gasteiger partial charge in [0.2, 0.25) is 10.0 Å². The Bertz CT molecular complexity index is 572. The fourth-order valence-corrected chi connectivity index (χ4v) is 4.05. The Morgan fingerprint density at radius 2 is 2.10 bits per heavy atom. The molecule has 6 heteroatoms. The van der Waals surface area contributed by atoms with Gasteiger partial charge in [-0.3, -0.25) is 0 Å². The first-order valence-corrected chi connectivity index (χ1v) is 8.85. The Morgan fingerprint density at radius 1 is 1.38 bits per heavy atom. The molecule has 0 bridgehead atoms. The summed E-state index contributed by atoms with van der Waals surface area (Å²) in [4.78, 5) is 2.53. The third-order valence-electron chi connectivity index (χ3n) is 4.04. The fourth-order valence-electron chi connectivity index (χ4n) is 2.70. The van der Waals surface area contributed by atoms with Crippen molar-refractivity contribution in [2.45, 2.75) is 37.8 Å².